The molecule has 2 heterocycles. The van der Waals surface area contributed by atoms with E-state index in [2.05, 4.69) is 62.8 Å². The fourth-order valence-electron chi connectivity index (χ4n) is 9.20. The van der Waals surface area contributed by atoms with Gasteiger partial charge in [0.05, 0.1) is 24.8 Å². The number of nitrogens with zero attached hydrogens (tertiary/aromatic N) is 3. The molecule has 28 N–H and O–H groups in total. The van der Waals surface area contributed by atoms with E-state index in [4.69, 9.17) is 51.6 Å². The second kappa shape index (κ2) is 42.4. The maximum absolute atomic E-state index is 14.6. The summed E-state index contributed by atoms with van der Waals surface area (Å²) in [5.74, 6) is -11.5. The van der Waals surface area contributed by atoms with E-state index in [1.54, 1.807) is 0 Å². The van der Waals surface area contributed by atoms with Crippen molar-refractivity contribution in [2.45, 2.75) is 171 Å². The molecule has 35 heteroatoms. The molecular formula is C54H97F3N22O10. The van der Waals surface area contributed by atoms with Gasteiger partial charge in [0.1, 0.15) is 48.0 Å². The molecule has 32 nitrogen and oxygen atoms in total. The van der Waals surface area contributed by atoms with Gasteiger partial charge in [0.15, 0.2) is 5.96 Å². The molecule has 89 heavy (non-hydrogen) atoms. The number of H-pyrrole nitrogens is 1. The Hall–Kier alpha value is -7.57. The van der Waals surface area contributed by atoms with Crippen molar-refractivity contribution in [3.63, 3.8) is 0 Å². The van der Waals surface area contributed by atoms with Crippen molar-refractivity contribution in [2.24, 2.45) is 62.5 Å². The number of aromatic nitrogens is 2. The molecule has 2 rings (SSSR count). The number of alkyl halides is 3. The quantitative estimate of drug-likeness (QED) is 0.0125. The molecule has 1 aromatic rings. The van der Waals surface area contributed by atoms with Crippen LogP contribution in [-0.2, 0) is 54.4 Å². The monoisotopic (exact) mass is 1270 g/mol. The number of hydrogen-bond donors (Lipinski definition) is 19. The van der Waals surface area contributed by atoms with Gasteiger partial charge in [0, 0.05) is 37.9 Å². The first-order chi connectivity index (χ1) is 42.3. The van der Waals surface area contributed by atoms with Crippen LogP contribution in [0.25, 0.3) is 0 Å². The van der Waals surface area contributed by atoms with Crippen molar-refractivity contribution < 1.29 is 61.1 Å². The van der Waals surface area contributed by atoms with E-state index in [0.29, 0.717) is 75.9 Å². The van der Waals surface area contributed by atoms with E-state index in [0.717, 1.165) is 0 Å². The van der Waals surface area contributed by atoms with Crippen LogP contribution in [0.1, 0.15) is 115 Å². The van der Waals surface area contributed by atoms with E-state index in [1.165, 1.54) is 25.5 Å². The Morgan fingerprint density at radius 3 is 1.81 bits per heavy atom. The molecule has 2 unspecified atom stereocenters. The molecule has 0 aliphatic carbocycles. The third kappa shape index (κ3) is 29.5. The van der Waals surface area contributed by atoms with Crippen LogP contribution >= 0.6 is 0 Å². The first-order valence-electron chi connectivity index (χ1n) is 30.1. The zero-order valence-electron chi connectivity index (χ0n) is 50.8. The number of carbonyl (C=O) groups excluding carboxylic acids is 10. The highest BCUT2D eigenvalue weighted by Crippen LogP contribution is 2.37. The summed E-state index contributed by atoms with van der Waals surface area (Å²) in [6.07, 6.45) is 1.77. The summed E-state index contributed by atoms with van der Waals surface area (Å²) in [6.45, 7) is 0.923. The van der Waals surface area contributed by atoms with E-state index in [1.807, 2.05) is 0 Å². The molecule has 504 valence electrons. The maximum Gasteiger partial charge on any atom is 0.393 e. The van der Waals surface area contributed by atoms with Crippen molar-refractivity contribution in [3.8, 4) is 0 Å². The fourth-order valence-corrected chi connectivity index (χ4v) is 9.20. The Balaban J connectivity index is 2.45. The smallest absolute Gasteiger partial charge is 0.370 e. The molecular weight excluding hydrogens is 1170 g/mol. The lowest BCUT2D eigenvalue weighted by atomic mass is 10.0. The Bertz CT molecular complexity index is 2450. The average Bonchev–Trinajstić information content (AvgIpc) is 1.94. The molecule has 1 aliphatic rings. The summed E-state index contributed by atoms with van der Waals surface area (Å²) in [7, 11) is 0. The van der Waals surface area contributed by atoms with Crippen LogP contribution in [0.15, 0.2) is 29.3 Å². The topological polar surface area (TPSA) is 557 Å². The second-order valence-corrected chi connectivity index (χ2v) is 21.5. The van der Waals surface area contributed by atoms with Gasteiger partial charge >= 0.3 is 6.18 Å². The predicted octanol–water partition coefficient (Wildman–Crippen LogP) is -5.90. The van der Waals surface area contributed by atoms with Gasteiger partial charge in [0.2, 0.25) is 53.2 Å². The Morgan fingerprint density at radius 1 is 0.652 bits per heavy atom. The number of hydrogen-bond acceptors (Lipinski definition) is 19. The minimum Gasteiger partial charge on any atom is -0.370 e. The number of aromatic amines is 1. The van der Waals surface area contributed by atoms with Crippen molar-refractivity contribution in [2.75, 3.05) is 65.4 Å². The van der Waals surface area contributed by atoms with Gasteiger partial charge in [-0.25, -0.2) is 4.98 Å². The van der Waals surface area contributed by atoms with Gasteiger partial charge in [-0.1, -0.05) is 12.5 Å². The average molecular weight is 1270 g/mol. The maximum atomic E-state index is 14.6. The van der Waals surface area contributed by atoms with Gasteiger partial charge in [0.25, 0.3) is 5.91 Å². The minimum atomic E-state index is -4.94. The van der Waals surface area contributed by atoms with Crippen LogP contribution in [0, 0.1) is 5.92 Å². The van der Waals surface area contributed by atoms with Gasteiger partial charge in [-0.15, -0.1) is 0 Å². The number of imidazole rings is 1. The molecule has 1 saturated heterocycles. The SMILES string of the molecule is CC(NC(=O)[C@H](CCN)NC(=O)C(N)CCCCN)C(=O)NCC(=O)N[C@H](CCCN)C(=O)N1C[C@@H](C(F)(F)F)C[C@H]1C(=O)N[C@@H](Cc1cnc[nH]1)C(=O)N[C@@H](CCCCN)C(=O)N/C(=C\CCN=C(N)N)C(=O)N[C@@H](CCCCN)C(=O)NCCCCN. The summed E-state index contributed by atoms with van der Waals surface area (Å²) in [5.41, 5.74) is 50.9. The largest absolute Gasteiger partial charge is 0.393 e. The van der Waals surface area contributed by atoms with Crippen molar-refractivity contribution >= 4 is 65.0 Å². The lowest BCUT2D eigenvalue weighted by Crippen LogP contribution is -2.59. The number of rotatable bonds is 44. The van der Waals surface area contributed by atoms with Gasteiger partial charge in [-0.3, -0.25) is 52.9 Å². The summed E-state index contributed by atoms with van der Waals surface area (Å²) >= 11 is 0. The molecule has 1 fully saturated rings. The number of likely N-dealkylation sites (tertiary alicyclic amines) is 1. The van der Waals surface area contributed by atoms with Crippen LogP contribution in [0.5, 0.6) is 0 Å². The van der Waals surface area contributed by atoms with Crippen LogP contribution in [0.4, 0.5) is 13.2 Å². The molecule has 0 spiro atoms. The van der Waals surface area contributed by atoms with Crippen molar-refractivity contribution in [3.05, 3.63) is 30.0 Å². The summed E-state index contributed by atoms with van der Waals surface area (Å²) in [5, 5.41) is 22.7. The first kappa shape index (κ1) is 77.5. The normalized spacial score (nSPS) is 16.4. The van der Waals surface area contributed by atoms with Crippen LogP contribution in [-0.4, -0.2) is 200 Å². The Labute approximate surface area is 516 Å². The van der Waals surface area contributed by atoms with Crippen molar-refractivity contribution in [1.82, 2.24) is 62.7 Å². The third-order valence-electron chi connectivity index (χ3n) is 14.2. The number of guanidine groups is 1. The van der Waals surface area contributed by atoms with Gasteiger partial charge in [-0.05, 0) is 143 Å². The molecule has 1 aromatic heterocycles. The molecule has 0 bridgehead atoms. The van der Waals surface area contributed by atoms with E-state index >= 15 is 0 Å². The number of amides is 10. The van der Waals surface area contributed by atoms with E-state index < -0.39 is 139 Å². The molecule has 9 atom stereocenters. The van der Waals surface area contributed by atoms with Crippen LogP contribution < -0.4 is 99.5 Å². The highest BCUT2D eigenvalue weighted by molar-refractivity contribution is 6.02. The molecule has 0 radical (unpaired) electrons. The number of aliphatic imine (C=N–C) groups is 1. The number of carbonyl (C=O) groups is 10. The standard InChI is InChI=1S/C54H97F3N22O10/c1-32(72-47(84)39(17-23-63)74-45(82)35(64)12-2-5-18-58)44(81)70-29-43(80)73-40(15-10-22-62)52(89)79-30-33(54(55,56)57)26-42(79)51(88)78-41(27-34-28-67-31-71-34)50(87)77-37(14-4-7-20-60)48(85)76-38(16-11-25-69-53(65)66)49(86)75-36(13-3-6-19-59)46(83)68-24-9-8-21-61/h16,28,31-33,35-37,39-42H,2-15,17-27,29-30,58-64H2,1H3,(H,67,71)(H,68,83)(H,70,81)(H,72,84)(H,73,80)(H,74,82)(H,75,86)(H,76,85)(H,77,87)(H,78,88)(H4,65,66,69)/b38-16-/t32?,33-,35?,36-,37-,39-,40+,41-,42-/m0/s1. The zero-order chi connectivity index (χ0) is 66.5. The fraction of sp³-hybridized carbons (Fsp3) is 0.704. The highest BCUT2D eigenvalue weighted by Gasteiger charge is 2.52. The summed E-state index contributed by atoms with van der Waals surface area (Å²) < 4.78 is 43.9. The van der Waals surface area contributed by atoms with Crippen LogP contribution in [0.3, 0.4) is 0 Å². The number of nitrogens with one attached hydrogen (secondary N) is 10. The zero-order valence-corrected chi connectivity index (χ0v) is 50.8. The van der Waals surface area contributed by atoms with Crippen molar-refractivity contribution in [1.29, 1.82) is 0 Å². The number of unbranched alkanes of at least 4 members (excludes halogenated alkanes) is 4. The minimum absolute atomic E-state index is 0.00196. The summed E-state index contributed by atoms with van der Waals surface area (Å²) in [6, 6.07) is -11.1. The first-order valence-corrected chi connectivity index (χ1v) is 30.1. The van der Waals surface area contributed by atoms with Gasteiger partial charge in [-0.2, -0.15) is 13.2 Å². The molecule has 1 aliphatic heterocycles. The molecule has 10 amide bonds. The van der Waals surface area contributed by atoms with E-state index in [9.17, 15) is 61.1 Å². The highest BCUT2D eigenvalue weighted by atomic mass is 19.4. The molecule has 0 aromatic carbocycles. The Morgan fingerprint density at radius 2 is 1.22 bits per heavy atom. The van der Waals surface area contributed by atoms with Gasteiger partial charge < -0.3 is 109 Å². The predicted molar refractivity (Wildman–Crippen MR) is 324 cm³/mol. The number of nitrogens with two attached hydrogens (primary N) is 9. The third-order valence-corrected chi connectivity index (χ3v) is 14.2. The Kier molecular flexibility index (Phi) is 36.9. The summed E-state index contributed by atoms with van der Waals surface area (Å²) in [4.78, 5) is 149. The number of halogens is 3. The lowest BCUT2D eigenvalue weighted by molar-refractivity contribution is -0.171. The van der Waals surface area contributed by atoms with E-state index in [-0.39, 0.29) is 101 Å². The van der Waals surface area contributed by atoms with Crippen LogP contribution in [0.2, 0.25) is 0 Å². The lowest BCUT2D eigenvalue weighted by Gasteiger charge is -2.30. The second-order valence-electron chi connectivity index (χ2n) is 21.5. The molecule has 0 saturated carbocycles.